The van der Waals surface area contributed by atoms with Crippen LogP contribution in [0, 0.1) is 0 Å². The molecule has 0 amide bonds. The lowest BCUT2D eigenvalue weighted by Crippen LogP contribution is -2.45. The van der Waals surface area contributed by atoms with Crippen LogP contribution in [0.1, 0.15) is 6.92 Å². The van der Waals surface area contributed by atoms with Crippen molar-refractivity contribution in [2.24, 2.45) is 0 Å². The molecule has 0 radical (unpaired) electrons. The van der Waals surface area contributed by atoms with Crippen LogP contribution in [0.15, 0.2) is 0 Å². The summed E-state index contributed by atoms with van der Waals surface area (Å²) in [5.74, 6) is 0. The molecule has 6 heteroatoms. The zero-order chi connectivity index (χ0) is 11.5. The Morgan fingerprint density at radius 1 is 1.40 bits per heavy atom. The second kappa shape index (κ2) is 6.29. The maximum absolute atomic E-state index is 5.82. The van der Waals surface area contributed by atoms with E-state index in [2.05, 4.69) is 37.2 Å². The van der Waals surface area contributed by atoms with Crippen LogP contribution in [0.2, 0.25) is 0 Å². The third-order valence-corrected chi connectivity index (χ3v) is 2.86. The zero-order valence-electron chi connectivity index (χ0n) is 9.04. The number of rotatable bonds is 3. The Bertz CT molecular complexity index is 205. The van der Waals surface area contributed by atoms with Gasteiger partial charge in [0.1, 0.15) is 17.8 Å². The van der Waals surface area contributed by atoms with Gasteiger partial charge in [-0.2, -0.15) is 0 Å². The highest BCUT2D eigenvalue weighted by molar-refractivity contribution is 15.0. The molecule has 4 atom stereocenters. The van der Waals surface area contributed by atoms with Crippen LogP contribution in [0.5, 0.6) is 0 Å². The van der Waals surface area contributed by atoms with Crippen LogP contribution in [-0.4, -0.2) is 51.3 Å². The van der Waals surface area contributed by atoms with Gasteiger partial charge in [-0.05, 0) is 6.92 Å². The van der Waals surface area contributed by atoms with Crippen LogP contribution in [0.3, 0.4) is 0 Å². The van der Waals surface area contributed by atoms with Crippen LogP contribution < -0.4 is 0 Å². The quantitative estimate of drug-likeness (QED) is 0.627. The predicted molar refractivity (Wildman–Crippen MR) is 73.7 cm³/mol. The molecule has 15 heavy (non-hydrogen) atoms. The lowest BCUT2D eigenvalue weighted by Gasteiger charge is -2.29. The van der Waals surface area contributed by atoms with E-state index in [9.17, 15) is 0 Å². The van der Waals surface area contributed by atoms with E-state index in [0.29, 0.717) is 13.2 Å². The van der Waals surface area contributed by atoms with Crippen LogP contribution in [0.25, 0.3) is 0 Å². The maximum atomic E-state index is 5.82. The zero-order valence-corrected chi connectivity index (χ0v) is 13.4. The van der Waals surface area contributed by atoms with E-state index in [1.807, 2.05) is 6.92 Å². The standard InChI is InChI=1S/C9H16O4.I2/c1-6-7-8(11-3)9(13-6,4-10-2)5-12-7;1-2/h6-8H,4-5H2,1-3H3;. The molecule has 0 aromatic heterocycles. The Hall–Kier alpha value is 1.30. The molecule has 0 saturated carbocycles. The van der Waals surface area contributed by atoms with Crippen molar-refractivity contribution in [2.45, 2.75) is 30.8 Å². The molecule has 2 heterocycles. The Morgan fingerprint density at radius 3 is 2.53 bits per heavy atom. The molecule has 0 aromatic rings. The van der Waals surface area contributed by atoms with E-state index >= 15 is 0 Å². The summed E-state index contributed by atoms with van der Waals surface area (Å²) in [6.45, 7) is 3.12. The van der Waals surface area contributed by atoms with Crippen molar-refractivity contribution in [1.29, 1.82) is 0 Å². The minimum atomic E-state index is -0.367. The molecule has 0 aromatic carbocycles. The van der Waals surface area contributed by atoms with Gasteiger partial charge in [0, 0.05) is 51.5 Å². The topological polar surface area (TPSA) is 36.9 Å². The lowest BCUT2D eigenvalue weighted by molar-refractivity contribution is -0.161. The van der Waals surface area contributed by atoms with Crippen molar-refractivity contribution >= 4 is 37.2 Å². The summed E-state index contributed by atoms with van der Waals surface area (Å²) in [6, 6.07) is 0. The average molecular weight is 442 g/mol. The predicted octanol–water partition coefficient (Wildman–Crippen LogP) is 1.98. The van der Waals surface area contributed by atoms with E-state index in [0.717, 1.165) is 0 Å². The highest BCUT2D eigenvalue weighted by atomic mass is 128. The molecule has 0 N–H and O–H groups in total. The summed E-state index contributed by atoms with van der Waals surface area (Å²) >= 11 is 4.24. The van der Waals surface area contributed by atoms with E-state index in [-0.39, 0.29) is 23.9 Å². The first kappa shape index (κ1) is 14.4. The number of hydrogen-bond acceptors (Lipinski definition) is 4. The van der Waals surface area contributed by atoms with Gasteiger partial charge in [-0.3, -0.25) is 0 Å². The lowest BCUT2D eigenvalue weighted by atomic mass is 10.00. The molecule has 0 aliphatic carbocycles. The number of fused-ring (bicyclic) bond motifs is 2. The van der Waals surface area contributed by atoms with Crippen molar-refractivity contribution in [1.82, 2.24) is 0 Å². The van der Waals surface area contributed by atoms with Crippen molar-refractivity contribution in [3.05, 3.63) is 0 Å². The Kier molecular flexibility index (Phi) is 6.02. The second-order valence-electron chi connectivity index (χ2n) is 3.75. The first-order valence-electron chi connectivity index (χ1n) is 4.69. The fourth-order valence-corrected chi connectivity index (χ4v) is 2.38. The fourth-order valence-electron chi connectivity index (χ4n) is 2.38. The van der Waals surface area contributed by atoms with Gasteiger partial charge in [0.15, 0.2) is 0 Å². The van der Waals surface area contributed by atoms with E-state index in [4.69, 9.17) is 18.9 Å². The molecule has 2 rings (SSSR count). The van der Waals surface area contributed by atoms with Gasteiger partial charge in [-0.25, -0.2) is 0 Å². The molecular weight excluding hydrogens is 426 g/mol. The monoisotopic (exact) mass is 442 g/mol. The van der Waals surface area contributed by atoms with Crippen LogP contribution in [0.4, 0.5) is 0 Å². The molecule has 0 spiro atoms. The van der Waals surface area contributed by atoms with Crippen molar-refractivity contribution in [2.75, 3.05) is 27.4 Å². The van der Waals surface area contributed by atoms with Gasteiger partial charge >= 0.3 is 0 Å². The van der Waals surface area contributed by atoms with E-state index in [1.54, 1.807) is 14.2 Å². The molecule has 2 saturated heterocycles. The summed E-state index contributed by atoms with van der Waals surface area (Å²) in [4.78, 5) is 0. The van der Waals surface area contributed by atoms with Gasteiger partial charge in [-0.1, -0.05) is 0 Å². The number of methoxy groups -OCH3 is 2. The number of ether oxygens (including phenoxy) is 4. The second-order valence-corrected chi connectivity index (χ2v) is 3.75. The largest absolute Gasteiger partial charge is 0.381 e. The van der Waals surface area contributed by atoms with Crippen molar-refractivity contribution < 1.29 is 18.9 Å². The number of hydrogen-bond donors (Lipinski definition) is 0. The van der Waals surface area contributed by atoms with Crippen molar-refractivity contribution in [3.63, 3.8) is 0 Å². The first-order valence-corrected chi connectivity index (χ1v) is 11.0. The Morgan fingerprint density at radius 2 is 2.07 bits per heavy atom. The summed E-state index contributed by atoms with van der Waals surface area (Å²) < 4.78 is 21.9. The van der Waals surface area contributed by atoms with Gasteiger partial charge in [0.25, 0.3) is 0 Å². The molecule has 2 bridgehead atoms. The highest BCUT2D eigenvalue weighted by Crippen LogP contribution is 2.41. The van der Waals surface area contributed by atoms with Gasteiger partial charge in [0.05, 0.1) is 19.3 Å². The normalized spacial score (nSPS) is 42.6. The van der Waals surface area contributed by atoms with E-state index in [1.165, 1.54) is 0 Å². The van der Waals surface area contributed by atoms with Crippen LogP contribution in [-0.2, 0) is 18.9 Å². The summed E-state index contributed by atoms with van der Waals surface area (Å²) in [5.41, 5.74) is -0.367. The van der Waals surface area contributed by atoms with Gasteiger partial charge in [-0.15, -0.1) is 0 Å². The Balaban J connectivity index is 0.000000531. The molecular formula is C9H16I2O4. The smallest absolute Gasteiger partial charge is 0.144 e. The highest BCUT2D eigenvalue weighted by Gasteiger charge is 2.60. The number of halogens is 2. The maximum Gasteiger partial charge on any atom is 0.144 e. The van der Waals surface area contributed by atoms with Gasteiger partial charge < -0.3 is 18.9 Å². The third-order valence-electron chi connectivity index (χ3n) is 2.86. The molecule has 2 aliphatic rings. The minimum Gasteiger partial charge on any atom is -0.381 e. The summed E-state index contributed by atoms with van der Waals surface area (Å²) in [5, 5.41) is 0. The minimum absolute atomic E-state index is 0.0162. The summed E-state index contributed by atoms with van der Waals surface area (Å²) in [6.07, 6.45) is 0.191. The van der Waals surface area contributed by atoms with Crippen molar-refractivity contribution in [3.8, 4) is 0 Å². The summed E-state index contributed by atoms with van der Waals surface area (Å²) in [7, 11) is 3.36. The molecule has 4 nitrogen and oxygen atoms in total. The van der Waals surface area contributed by atoms with Crippen LogP contribution >= 0.6 is 37.2 Å². The first-order chi connectivity index (χ1) is 7.23. The van der Waals surface area contributed by atoms with Gasteiger partial charge in [0.2, 0.25) is 0 Å². The van der Waals surface area contributed by atoms with E-state index < -0.39 is 0 Å². The fraction of sp³-hybridized carbons (Fsp3) is 1.00. The molecule has 2 aliphatic heterocycles. The average Bonchev–Trinajstić information content (AvgIpc) is 2.71. The third kappa shape index (κ3) is 2.59. The molecule has 90 valence electrons. The molecule has 4 unspecified atom stereocenters. The molecule has 2 fully saturated rings. The Labute approximate surface area is 114 Å². The SMILES string of the molecule is COCC12COC(C(C)O1)C2OC.II.